The Bertz CT molecular complexity index is 922. The molecule has 174 valence electrons. The van der Waals surface area contributed by atoms with Crippen LogP contribution in [0.5, 0.6) is 5.75 Å². The predicted octanol–water partition coefficient (Wildman–Crippen LogP) is 8.36. The Balaban J connectivity index is 1.72. The summed E-state index contributed by atoms with van der Waals surface area (Å²) >= 11 is 0. The Hall–Kier alpha value is -2.50. The number of benzene rings is 2. The molecule has 0 aromatic heterocycles. The Morgan fingerprint density at radius 1 is 0.969 bits per heavy atom. The van der Waals surface area contributed by atoms with Crippen molar-refractivity contribution in [3.63, 3.8) is 0 Å². The molecule has 1 unspecified atom stereocenters. The summed E-state index contributed by atoms with van der Waals surface area (Å²) in [4.78, 5) is 0. The van der Waals surface area contributed by atoms with Crippen molar-refractivity contribution in [2.75, 3.05) is 6.61 Å². The fourth-order valence-corrected chi connectivity index (χ4v) is 4.02. The van der Waals surface area contributed by atoms with Crippen LogP contribution in [0.25, 0.3) is 11.1 Å². The van der Waals surface area contributed by atoms with E-state index in [2.05, 4.69) is 6.92 Å². The molecule has 0 bridgehead atoms. The van der Waals surface area contributed by atoms with Crippen molar-refractivity contribution in [2.24, 2.45) is 5.92 Å². The second-order valence-corrected chi connectivity index (χ2v) is 8.17. The molecule has 0 amide bonds. The molecule has 1 atom stereocenters. The number of unbranched alkanes of at least 4 members (excludes halogenated alkanes) is 2. The molecule has 2 aromatic rings. The third-order valence-electron chi connectivity index (χ3n) is 5.83. The van der Waals surface area contributed by atoms with Crippen LogP contribution in [0.4, 0.5) is 17.6 Å². The smallest absolute Gasteiger partial charge is 0.429 e. The highest BCUT2D eigenvalue weighted by molar-refractivity contribution is 5.65. The van der Waals surface area contributed by atoms with Gasteiger partial charge in [0.15, 0.2) is 11.6 Å². The largest absolute Gasteiger partial charge is 0.494 e. The first kappa shape index (κ1) is 24.1. The van der Waals surface area contributed by atoms with Gasteiger partial charge < -0.3 is 9.47 Å². The molecule has 1 aliphatic carbocycles. The fourth-order valence-electron chi connectivity index (χ4n) is 4.02. The molecular formula is C26H30F4O2. The van der Waals surface area contributed by atoms with Gasteiger partial charge in [0.25, 0.3) is 0 Å². The van der Waals surface area contributed by atoms with Gasteiger partial charge in [-0.3, -0.25) is 0 Å². The lowest BCUT2D eigenvalue weighted by Gasteiger charge is -2.26. The molecular weight excluding hydrogens is 420 g/mol. The van der Waals surface area contributed by atoms with E-state index in [0.29, 0.717) is 36.7 Å². The Morgan fingerprint density at radius 2 is 1.72 bits per heavy atom. The van der Waals surface area contributed by atoms with Crippen molar-refractivity contribution in [3.05, 3.63) is 65.4 Å². The topological polar surface area (TPSA) is 18.5 Å². The molecule has 0 spiro atoms. The van der Waals surface area contributed by atoms with E-state index in [9.17, 15) is 17.6 Å². The number of alkyl halides is 2. The summed E-state index contributed by atoms with van der Waals surface area (Å²) in [7, 11) is 0. The lowest BCUT2D eigenvalue weighted by molar-refractivity contribution is -0.228. The number of rotatable bonds is 10. The molecule has 0 fully saturated rings. The van der Waals surface area contributed by atoms with E-state index in [4.69, 9.17) is 9.47 Å². The van der Waals surface area contributed by atoms with Crippen molar-refractivity contribution in [1.82, 2.24) is 0 Å². The monoisotopic (exact) mass is 450 g/mol. The number of hydrogen-bond donors (Lipinski definition) is 0. The number of allylic oxidation sites excluding steroid dienone is 2. The van der Waals surface area contributed by atoms with Crippen LogP contribution in [-0.4, -0.2) is 6.61 Å². The first-order valence-electron chi connectivity index (χ1n) is 11.3. The van der Waals surface area contributed by atoms with Crippen molar-refractivity contribution >= 4 is 0 Å². The van der Waals surface area contributed by atoms with E-state index in [1.54, 1.807) is 30.3 Å². The maximum Gasteiger partial charge on any atom is 0.429 e. The molecule has 1 aliphatic rings. The molecule has 0 aliphatic heterocycles. The zero-order valence-corrected chi connectivity index (χ0v) is 18.6. The van der Waals surface area contributed by atoms with Crippen LogP contribution >= 0.6 is 0 Å². The quantitative estimate of drug-likeness (QED) is 0.267. The molecule has 2 aromatic carbocycles. The van der Waals surface area contributed by atoms with Crippen LogP contribution < -0.4 is 4.74 Å². The molecule has 0 saturated heterocycles. The first-order valence-corrected chi connectivity index (χ1v) is 11.3. The van der Waals surface area contributed by atoms with E-state index >= 15 is 0 Å². The summed E-state index contributed by atoms with van der Waals surface area (Å²) in [6.45, 7) is 4.45. The van der Waals surface area contributed by atoms with Crippen LogP contribution in [0.3, 0.4) is 0 Å². The van der Waals surface area contributed by atoms with E-state index in [1.165, 1.54) is 6.42 Å². The minimum atomic E-state index is -3.96. The number of hydrogen-bond acceptors (Lipinski definition) is 2. The van der Waals surface area contributed by atoms with Gasteiger partial charge in [0.2, 0.25) is 0 Å². The maximum absolute atomic E-state index is 14.7. The molecule has 3 rings (SSSR count). The Morgan fingerprint density at radius 3 is 2.34 bits per heavy atom. The van der Waals surface area contributed by atoms with E-state index in [-0.39, 0.29) is 11.3 Å². The predicted molar refractivity (Wildman–Crippen MR) is 118 cm³/mol. The fraction of sp³-hybridized carbons (Fsp3) is 0.462. The van der Waals surface area contributed by atoms with Crippen molar-refractivity contribution in [3.8, 4) is 16.9 Å². The number of halogens is 4. The van der Waals surface area contributed by atoms with Gasteiger partial charge in [0.1, 0.15) is 11.3 Å². The average molecular weight is 451 g/mol. The zero-order chi connectivity index (χ0) is 23.1. The standard InChI is InChI=1S/C26H30F4O2/c1-3-5-6-7-18-8-12-21(13-9-18)32-26(29,30)23-17-16-22(24(27)25(23)28)19-10-14-20(15-11-19)31-4-2/h10-12,14-18H,3-9,13H2,1-2H3. The highest BCUT2D eigenvalue weighted by atomic mass is 19.3. The molecule has 2 nitrogen and oxygen atoms in total. The summed E-state index contributed by atoms with van der Waals surface area (Å²) in [5.74, 6) is -1.75. The molecule has 6 heteroatoms. The Labute approximate surface area is 187 Å². The van der Waals surface area contributed by atoms with Gasteiger partial charge in [-0.05, 0) is 55.5 Å². The minimum Gasteiger partial charge on any atom is -0.494 e. The summed E-state index contributed by atoms with van der Waals surface area (Å²) in [5.41, 5.74) is -0.836. The van der Waals surface area contributed by atoms with Gasteiger partial charge in [0.05, 0.1) is 12.4 Å². The average Bonchev–Trinajstić information content (AvgIpc) is 2.77. The zero-order valence-electron chi connectivity index (χ0n) is 18.6. The summed E-state index contributed by atoms with van der Waals surface area (Å²) in [5, 5.41) is 0. The highest BCUT2D eigenvalue weighted by Gasteiger charge is 2.40. The first-order chi connectivity index (χ1) is 15.4. The van der Waals surface area contributed by atoms with Crippen molar-refractivity contribution in [1.29, 1.82) is 0 Å². The van der Waals surface area contributed by atoms with E-state index in [1.807, 2.05) is 6.92 Å². The van der Waals surface area contributed by atoms with Crippen LogP contribution in [-0.2, 0) is 10.8 Å². The summed E-state index contributed by atoms with van der Waals surface area (Å²) in [6, 6.07) is 8.39. The van der Waals surface area contributed by atoms with Gasteiger partial charge in [0, 0.05) is 12.0 Å². The highest BCUT2D eigenvalue weighted by Crippen LogP contribution is 2.39. The Kier molecular flexibility index (Phi) is 8.21. The second kappa shape index (κ2) is 10.9. The summed E-state index contributed by atoms with van der Waals surface area (Å²) in [6.07, 6.45) is 4.03. The van der Waals surface area contributed by atoms with Gasteiger partial charge in [-0.2, -0.15) is 8.78 Å². The van der Waals surface area contributed by atoms with Gasteiger partial charge >= 0.3 is 6.11 Å². The van der Waals surface area contributed by atoms with Gasteiger partial charge in [-0.15, -0.1) is 0 Å². The third kappa shape index (κ3) is 5.84. The maximum atomic E-state index is 14.7. The second-order valence-electron chi connectivity index (χ2n) is 8.17. The van der Waals surface area contributed by atoms with Crippen LogP contribution in [0, 0.1) is 17.6 Å². The molecule has 0 N–H and O–H groups in total. The minimum absolute atomic E-state index is 0.100. The lowest BCUT2D eigenvalue weighted by Crippen LogP contribution is -2.22. The molecule has 0 radical (unpaired) electrons. The van der Waals surface area contributed by atoms with Crippen LogP contribution in [0.1, 0.15) is 64.4 Å². The third-order valence-corrected chi connectivity index (χ3v) is 5.83. The van der Waals surface area contributed by atoms with Gasteiger partial charge in [-0.25, -0.2) is 8.78 Å². The molecule has 0 saturated carbocycles. The van der Waals surface area contributed by atoms with E-state index in [0.717, 1.165) is 37.8 Å². The van der Waals surface area contributed by atoms with Gasteiger partial charge in [-0.1, -0.05) is 50.8 Å². The van der Waals surface area contributed by atoms with Crippen molar-refractivity contribution < 1.29 is 27.0 Å². The van der Waals surface area contributed by atoms with Crippen molar-refractivity contribution in [2.45, 2.75) is 64.9 Å². The SMILES string of the molecule is CCCCCC1CC=C(OC(F)(F)c2ccc(-c3ccc(OCC)cc3)c(F)c2F)CC1. The van der Waals surface area contributed by atoms with Crippen LogP contribution in [0.2, 0.25) is 0 Å². The van der Waals surface area contributed by atoms with E-state index < -0.39 is 23.3 Å². The normalized spacial score (nSPS) is 16.6. The molecule has 0 heterocycles. The summed E-state index contributed by atoms with van der Waals surface area (Å²) < 4.78 is 69.0. The van der Waals surface area contributed by atoms with Crippen LogP contribution in [0.15, 0.2) is 48.2 Å². The lowest BCUT2D eigenvalue weighted by atomic mass is 9.89. The molecule has 32 heavy (non-hydrogen) atoms. The number of ether oxygens (including phenoxy) is 2.